The number of hydrogen-bond acceptors (Lipinski definition) is 4. The molecule has 138 valence electrons. The van der Waals surface area contributed by atoms with Crippen LogP contribution < -0.4 is 0 Å². The van der Waals surface area contributed by atoms with E-state index >= 15 is 0 Å². The van der Waals surface area contributed by atoms with E-state index in [0.717, 1.165) is 50.3 Å². The molecule has 2 aromatic heterocycles. The van der Waals surface area contributed by atoms with Gasteiger partial charge in [-0.1, -0.05) is 6.07 Å². The zero-order valence-corrected chi connectivity index (χ0v) is 15.2. The summed E-state index contributed by atoms with van der Waals surface area (Å²) in [5, 5.41) is 0. The highest BCUT2D eigenvalue weighted by Crippen LogP contribution is 2.43. The molecule has 1 N–H and O–H groups in total. The van der Waals surface area contributed by atoms with Crippen LogP contribution in [0.2, 0.25) is 0 Å². The molecule has 2 saturated heterocycles. The molecule has 1 spiro atoms. The Hall–Kier alpha value is -2.18. The number of aromatic amines is 1. The van der Waals surface area contributed by atoms with Gasteiger partial charge in [0.2, 0.25) is 0 Å². The quantitative estimate of drug-likeness (QED) is 0.892. The number of amides is 1. The number of nitrogens with one attached hydrogen (secondary N) is 1. The molecule has 26 heavy (non-hydrogen) atoms. The summed E-state index contributed by atoms with van der Waals surface area (Å²) in [7, 11) is 2.17. The second-order valence-electron chi connectivity index (χ2n) is 7.71. The van der Waals surface area contributed by atoms with Crippen molar-refractivity contribution in [2.24, 2.45) is 11.3 Å². The van der Waals surface area contributed by atoms with Crippen LogP contribution in [0, 0.1) is 11.3 Å². The Bertz CT molecular complexity index is 734. The highest BCUT2D eigenvalue weighted by atomic mass is 16.5. The fraction of sp³-hybridized carbons (Fsp3) is 0.500. The van der Waals surface area contributed by atoms with E-state index in [1.54, 1.807) is 18.6 Å². The highest BCUT2D eigenvalue weighted by Gasteiger charge is 2.50. The molecule has 4 rings (SSSR count). The van der Waals surface area contributed by atoms with Gasteiger partial charge >= 0.3 is 0 Å². The SMILES string of the molecule is CN1C[C@@H](COCc2cccnc2)[C@]2(CCN(C(=O)c3cc[nH]c3)C2)C1. The van der Waals surface area contributed by atoms with Gasteiger partial charge in [-0.15, -0.1) is 0 Å². The van der Waals surface area contributed by atoms with E-state index < -0.39 is 0 Å². The van der Waals surface area contributed by atoms with Gasteiger partial charge in [-0.25, -0.2) is 0 Å². The van der Waals surface area contributed by atoms with Crippen molar-refractivity contribution in [1.82, 2.24) is 19.8 Å². The lowest BCUT2D eigenvalue weighted by Gasteiger charge is -2.30. The maximum Gasteiger partial charge on any atom is 0.255 e. The maximum absolute atomic E-state index is 12.7. The van der Waals surface area contributed by atoms with E-state index in [1.165, 1.54) is 0 Å². The molecule has 6 heteroatoms. The number of rotatable bonds is 5. The Morgan fingerprint density at radius 3 is 3.12 bits per heavy atom. The number of carbonyl (C=O) groups is 1. The highest BCUT2D eigenvalue weighted by molar-refractivity contribution is 5.94. The summed E-state index contributed by atoms with van der Waals surface area (Å²) < 4.78 is 6.03. The van der Waals surface area contributed by atoms with Crippen LogP contribution in [0.25, 0.3) is 0 Å². The number of ether oxygens (including phenoxy) is 1. The molecule has 0 bridgehead atoms. The number of nitrogens with zero attached hydrogens (tertiary/aromatic N) is 3. The molecular formula is C20H26N4O2. The van der Waals surface area contributed by atoms with Crippen LogP contribution in [0.15, 0.2) is 43.0 Å². The Morgan fingerprint density at radius 1 is 1.42 bits per heavy atom. The van der Waals surface area contributed by atoms with Crippen LogP contribution in [0.5, 0.6) is 0 Å². The number of aromatic nitrogens is 2. The first kappa shape index (κ1) is 17.2. The number of likely N-dealkylation sites (tertiary alicyclic amines) is 2. The molecule has 2 fully saturated rings. The first-order valence-corrected chi connectivity index (χ1v) is 9.24. The molecule has 2 aromatic rings. The van der Waals surface area contributed by atoms with Gasteiger partial charge in [0.05, 0.1) is 18.8 Å². The summed E-state index contributed by atoms with van der Waals surface area (Å²) in [5.41, 5.74) is 2.00. The van der Waals surface area contributed by atoms with Crippen LogP contribution in [-0.4, -0.2) is 65.5 Å². The lowest BCUT2D eigenvalue weighted by Crippen LogP contribution is -2.38. The van der Waals surface area contributed by atoms with Crippen molar-refractivity contribution in [2.75, 3.05) is 39.8 Å². The van der Waals surface area contributed by atoms with Crippen molar-refractivity contribution < 1.29 is 9.53 Å². The zero-order chi connectivity index (χ0) is 18.0. The van der Waals surface area contributed by atoms with Crippen LogP contribution >= 0.6 is 0 Å². The fourth-order valence-corrected chi connectivity index (χ4v) is 4.50. The van der Waals surface area contributed by atoms with E-state index in [1.807, 2.05) is 29.3 Å². The van der Waals surface area contributed by atoms with Gasteiger partial charge in [-0.05, 0) is 31.2 Å². The summed E-state index contributed by atoms with van der Waals surface area (Å²) in [4.78, 5) is 24.2. The van der Waals surface area contributed by atoms with E-state index in [4.69, 9.17) is 4.74 Å². The first-order chi connectivity index (χ1) is 12.7. The minimum absolute atomic E-state index is 0.132. The molecule has 2 aliphatic heterocycles. The third kappa shape index (κ3) is 3.39. The molecule has 1 amide bonds. The Labute approximate surface area is 154 Å². The molecule has 0 aromatic carbocycles. The second kappa shape index (κ2) is 7.21. The summed E-state index contributed by atoms with van der Waals surface area (Å²) in [6, 6.07) is 5.82. The largest absolute Gasteiger partial charge is 0.376 e. The van der Waals surface area contributed by atoms with Crippen molar-refractivity contribution >= 4 is 5.91 Å². The van der Waals surface area contributed by atoms with Crippen molar-refractivity contribution in [1.29, 1.82) is 0 Å². The molecule has 0 unspecified atom stereocenters. The van der Waals surface area contributed by atoms with E-state index in [0.29, 0.717) is 12.5 Å². The summed E-state index contributed by atoms with van der Waals surface area (Å²) in [6.45, 7) is 5.03. The van der Waals surface area contributed by atoms with Gasteiger partial charge in [0.1, 0.15) is 0 Å². The predicted molar refractivity (Wildman–Crippen MR) is 98.6 cm³/mol. The van der Waals surface area contributed by atoms with Crippen molar-refractivity contribution in [2.45, 2.75) is 13.0 Å². The van der Waals surface area contributed by atoms with E-state index in [-0.39, 0.29) is 11.3 Å². The maximum atomic E-state index is 12.7. The van der Waals surface area contributed by atoms with Gasteiger partial charge in [0.15, 0.2) is 0 Å². The number of hydrogen-bond donors (Lipinski definition) is 1. The molecule has 6 nitrogen and oxygen atoms in total. The fourth-order valence-electron chi connectivity index (χ4n) is 4.50. The average Bonchev–Trinajstić information content (AvgIpc) is 3.37. The molecule has 0 aliphatic carbocycles. The second-order valence-corrected chi connectivity index (χ2v) is 7.71. The number of H-pyrrole nitrogens is 1. The lowest BCUT2D eigenvalue weighted by molar-refractivity contribution is 0.0495. The van der Waals surface area contributed by atoms with Crippen molar-refractivity contribution in [3.05, 3.63) is 54.1 Å². The molecule has 2 aliphatic rings. The average molecular weight is 354 g/mol. The van der Waals surface area contributed by atoms with Gasteiger partial charge in [-0.2, -0.15) is 0 Å². The van der Waals surface area contributed by atoms with Gasteiger partial charge in [0, 0.05) is 62.3 Å². The van der Waals surface area contributed by atoms with E-state index in [2.05, 4.69) is 21.9 Å². The molecular weight excluding hydrogens is 328 g/mol. The third-order valence-corrected chi connectivity index (χ3v) is 5.81. The Kier molecular flexibility index (Phi) is 4.78. The Balaban J connectivity index is 1.39. The molecule has 4 heterocycles. The van der Waals surface area contributed by atoms with Crippen LogP contribution in [0.4, 0.5) is 0 Å². The number of pyridine rings is 1. The third-order valence-electron chi connectivity index (χ3n) is 5.81. The summed E-state index contributed by atoms with van der Waals surface area (Å²) >= 11 is 0. The minimum atomic E-state index is 0.132. The smallest absolute Gasteiger partial charge is 0.255 e. The normalized spacial score (nSPS) is 26.0. The minimum Gasteiger partial charge on any atom is -0.376 e. The van der Waals surface area contributed by atoms with Gasteiger partial charge in [-0.3, -0.25) is 9.78 Å². The first-order valence-electron chi connectivity index (χ1n) is 9.24. The molecule has 0 radical (unpaired) electrons. The summed E-state index contributed by atoms with van der Waals surface area (Å²) in [5.74, 6) is 0.584. The predicted octanol–water partition coefficient (Wildman–Crippen LogP) is 2.02. The van der Waals surface area contributed by atoms with Crippen LogP contribution in [0.3, 0.4) is 0 Å². The topological polar surface area (TPSA) is 61.5 Å². The standard InChI is InChI=1S/C20H26N4O2/c1-23-11-18(13-26-12-16-3-2-6-21-9-16)20(14-23)5-8-24(15-20)19(25)17-4-7-22-10-17/h2-4,6-7,9-10,18,22H,5,8,11-15H2,1H3/t18-,20+/m0/s1. The van der Waals surface area contributed by atoms with Gasteiger partial charge < -0.3 is 19.5 Å². The molecule has 0 saturated carbocycles. The van der Waals surface area contributed by atoms with Crippen molar-refractivity contribution in [3.8, 4) is 0 Å². The monoisotopic (exact) mass is 354 g/mol. The number of carbonyl (C=O) groups excluding carboxylic acids is 1. The summed E-state index contributed by atoms with van der Waals surface area (Å²) in [6.07, 6.45) is 8.26. The van der Waals surface area contributed by atoms with Gasteiger partial charge in [0.25, 0.3) is 5.91 Å². The molecule has 2 atom stereocenters. The van der Waals surface area contributed by atoms with Crippen LogP contribution in [-0.2, 0) is 11.3 Å². The Morgan fingerprint density at radius 2 is 2.35 bits per heavy atom. The lowest BCUT2D eigenvalue weighted by atomic mass is 9.77. The zero-order valence-electron chi connectivity index (χ0n) is 15.2. The van der Waals surface area contributed by atoms with E-state index in [9.17, 15) is 4.79 Å². The van der Waals surface area contributed by atoms with Crippen molar-refractivity contribution in [3.63, 3.8) is 0 Å². The van der Waals surface area contributed by atoms with Crippen LogP contribution in [0.1, 0.15) is 22.3 Å².